The molecule has 0 saturated carbocycles. The minimum atomic E-state index is -4.42. The summed E-state index contributed by atoms with van der Waals surface area (Å²) in [5.41, 5.74) is -2.09. The van der Waals surface area contributed by atoms with Gasteiger partial charge in [-0.15, -0.1) is 0 Å². The molecule has 0 spiro atoms. The first-order valence-corrected chi connectivity index (χ1v) is 5.63. The molecule has 3 heterocycles. The van der Waals surface area contributed by atoms with E-state index in [-0.39, 0.29) is 6.54 Å². The van der Waals surface area contributed by atoms with E-state index in [2.05, 4.69) is 11.9 Å². The molecule has 3 saturated heterocycles. The topological polar surface area (TPSA) is 32.3 Å². The van der Waals surface area contributed by atoms with Crippen LogP contribution in [0.1, 0.15) is 12.8 Å². The molecule has 1 amide bonds. The number of nitrogens with zero attached hydrogens (tertiary/aromatic N) is 1. The Balaban J connectivity index is 2.31. The number of fused-ring (bicyclic) bond motifs is 3. The fourth-order valence-corrected chi connectivity index (χ4v) is 2.87. The predicted octanol–water partition coefficient (Wildman–Crippen LogP) is 1.32. The molecule has 3 fully saturated rings. The fraction of sp³-hybridized carbons (Fsp3) is 0.727. The molecule has 3 rings (SSSR count). The van der Waals surface area contributed by atoms with Gasteiger partial charge < -0.3 is 10.2 Å². The molecule has 17 heavy (non-hydrogen) atoms. The molecule has 1 unspecified atom stereocenters. The summed E-state index contributed by atoms with van der Waals surface area (Å²) in [4.78, 5) is 13.0. The second-order valence-electron chi connectivity index (χ2n) is 4.71. The van der Waals surface area contributed by atoms with Gasteiger partial charge in [-0.1, -0.05) is 6.58 Å². The van der Waals surface area contributed by atoms with E-state index in [9.17, 15) is 18.0 Å². The lowest BCUT2D eigenvalue weighted by Gasteiger charge is -2.53. The zero-order valence-electron chi connectivity index (χ0n) is 9.39. The van der Waals surface area contributed by atoms with E-state index in [4.69, 9.17) is 0 Å². The first-order valence-electron chi connectivity index (χ1n) is 5.63. The van der Waals surface area contributed by atoms with Crippen LogP contribution >= 0.6 is 0 Å². The average Bonchev–Trinajstić information content (AvgIpc) is 2.29. The molecule has 3 aliphatic rings. The molecule has 2 bridgehead atoms. The summed E-state index contributed by atoms with van der Waals surface area (Å²) in [7, 11) is 0. The third-order valence-electron chi connectivity index (χ3n) is 3.80. The van der Waals surface area contributed by atoms with E-state index in [1.807, 2.05) is 0 Å². The van der Waals surface area contributed by atoms with Crippen LogP contribution in [0.5, 0.6) is 0 Å². The SMILES string of the molecule is C=CC(=O)NC1(C(F)(F)F)CN2CCC1CC2. The molecule has 6 heteroatoms. The minimum Gasteiger partial charge on any atom is -0.337 e. The Hall–Kier alpha value is -1.04. The number of piperidine rings is 3. The summed E-state index contributed by atoms with van der Waals surface area (Å²) >= 11 is 0. The number of nitrogens with one attached hydrogen (secondary N) is 1. The Morgan fingerprint density at radius 3 is 2.35 bits per heavy atom. The lowest BCUT2D eigenvalue weighted by molar-refractivity contribution is -0.236. The maximum Gasteiger partial charge on any atom is 0.413 e. The van der Waals surface area contributed by atoms with Gasteiger partial charge >= 0.3 is 6.18 Å². The number of carbonyl (C=O) groups is 1. The van der Waals surface area contributed by atoms with Gasteiger partial charge in [-0.2, -0.15) is 13.2 Å². The van der Waals surface area contributed by atoms with Crippen LogP contribution in [0.15, 0.2) is 12.7 Å². The van der Waals surface area contributed by atoms with Gasteiger partial charge in [-0.25, -0.2) is 0 Å². The van der Waals surface area contributed by atoms with E-state index in [1.54, 1.807) is 4.90 Å². The zero-order valence-corrected chi connectivity index (χ0v) is 9.39. The highest BCUT2D eigenvalue weighted by molar-refractivity contribution is 5.87. The predicted molar refractivity (Wildman–Crippen MR) is 56.3 cm³/mol. The van der Waals surface area contributed by atoms with Gasteiger partial charge in [0.25, 0.3) is 0 Å². The Morgan fingerprint density at radius 2 is 2.00 bits per heavy atom. The summed E-state index contributed by atoms with van der Waals surface area (Å²) in [6.07, 6.45) is -2.56. The van der Waals surface area contributed by atoms with E-state index >= 15 is 0 Å². The van der Waals surface area contributed by atoms with Crippen molar-refractivity contribution in [2.45, 2.75) is 24.6 Å². The maximum absolute atomic E-state index is 13.3. The van der Waals surface area contributed by atoms with Crippen molar-refractivity contribution in [2.75, 3.05) is 19.6 Å². The molecule has 1 atom stereocenters. The van der Waals surface area contributed by atoms with Crippen molar-refractivity contribution in [1.82, 2.24) is 10.2 Å². The number of hydrogen-bond acceptors (Lipinski definition) is 2. The van der Waals surface area contributed by atoms with Crippen molar-refractivity contribution in [3.05, 3.63) is 12.7 Å². The standard InChI is InChI=1S/C11H15F3N2O/c1-2-9(17)15-10(11(12,13)14)7-16-5-3-8(10)4-6-16/h2,8H,1,3-7H2,(H,15,17). The Kier molecular flexibility index (Phi) is 2.93. The second-order valence-corrected chi connectivity index (χ2v) is 4.71. The molecular weight excluding hydrogens is 233 g/mol. The average molecular weight is 248 g/mol. The van der Waals surface area contributed by atoms with Crippen LogP contribution in [0.2, 0.25) is 0 Å². The lowest BCUT2D eigenvalue weighted by Crippen LogP contribution is -2.73. The van der Waals surface area contributed by atoms with Crippen LogP contribution in [0, 0.1) is 5.92 Å². The van der Waals surface area contributed by atoms with Crippen LogP contribution in [-0.4, -0.2) is 42.2 Å². The summed E-state index contributed by atoms with van der Waals surface area (Å²) < 4.78 is 39.8. The lowest BCUT2D eigenvalue weighted by atomic mass is 9.72. The van der Waals surface area contributed by atoms with Crippen LogP contribution in [0.25, 0.3) is 0 Å². The molecule has 0 aliphatic carbocycles. The van der Waals surface area contributed by atoms with Gasteiger partial charge in [0.1, 0.15) is 0 Å². The van der Waals surface area contributed by atoms with Crippen molar-refractivity contribution in [2.24, 2.45) is 5.92 Å². The van der Waals surface area contributed by atoms with Gasteiger partial charge in [0.05, 0.1) is 0 Å². The highest BCUT2D eigenvalue weighted by Crippen LogP contribution is 2.45. The molecular formula is C11H15F3N2O. The van der Waals surface area contributed by atoms with E-state index in [0.717, 1.165) is 6.08 Å². The number of alkyl halides is 3. The highest BCUT2D eigenvalue weighted by Gasteiger charge is 2.63. The summed E-state index contributed by atoms with van der Waals surface area (Å²) in [5.74, 6) is -1.27. The van der Waals surface area contributed by atoms with Crippen LogP contribution in [-0.2, 0) is 4.79 Å². The summed E-state index contributed by atoms with van der Waals surface area (Å²) in [6.45, 7) is 4.44. The van der Waals surface area contributed by atoms with Crippen molar-refractivity contribution in [3.8, 4) is 0 Å². The fourth-order valence-electron chi connectivity index (χ4n) is 2.87. The van der Waals surface area contributed by atoms with Crippen molar-refractivity contribution >= 4 is 5.91 Å². The van der Waals surface area contributed by atoms with Crippen molar-refractivity contribution in [3.63, 3.8) is 0 Å². The number of rotatable bonds is 2. The van der Waals surface area contributed by atoms with E-state index < -0.39 is 23.5 Å². The number of halogens is 3. The third-order valence-corrected chi connectivity index (χ3v) is 3.80. The largest absolute Gasteiger partial charge is 0.413 e. The van der Waals surface area contributed by atoms with Gasteiger partial charge in [-0.3, -0.25) is 4.79 Å². The van der Waals surface area contributed by atoms with E-state index in [0.29, 0.717) is 25.9 Å². The van der Waals surface area contributed by atoms with Crippen LogP contribution in [0.4, 0.5) is 13.2 Å². The Morgan fingerprint density at radius 1 is 1.41 bits per heavy atom. The zero-order chi connectivity index (χ0) is 12.7. The van der Waals surface area contributed by atoms with Gasteiger partial charge in [0, 0.05) is 6.54 Å². The quantitative estimate of drug-likeness (QED) is 0.747. The van der Waals surface area contributed by atoms with Gasteiger partial charge in [-0.05, 0) is 37.9 Å². The second kappa shape index (κ2) is 4.01. The molecule has 96 valence electrons. The molecule has 1 N–H and O–H groups in total. The van der Waals surface area contributed by atoms with Gasteiger partial charge in [0.2, 0.25) is 5.91 Å². The third kappa shape index (κ3) is 1.94. The van der Waals surface area contributed by atoms with Crippen molar-refractivity contribution < 1.29 is 18.0 Å². The van der Waals surface area contributed by atoms with Gasteiger partial charge in [0.15, 0.2) is 5.54 Å². The summed E-state index contributed by atoms with van der Waals surface area (Å²) in [6, 6.07) is 0. The normalized spacial score (nSPS) is 36.6. The minimum absolute atomic E-state index is 0.138. The number of hydrogen-bond donors (Lipinski definition) is 1. The molecule has 0 aromatic rings. The molecule has 0 aromatic heterocycles. The Labute approximate surface area is 97.7 Å². The first kappa shape index (κ1) is 12.4. The van der Waals surface area contributed by atoms with Crippen LogP contribution < -0.4 is 5.32 Å². The monoisotopic (exact) mass is 248 g/mol. The highest BCUT2D eigenvalue weighted by atomic mass is 19.4. The summed E-state index contributed by atoms with van der Waals surface area (Å²) in [5, 5.41) is 2.13. The van der Waals surface area contributed by atoms with Crippen LogP contribution in [0.3, 0.4) is 0 Å². The number of carbonyl (C=O) groups excluding carboxylic acids is 1. The Bertz CT molecular complexity index is 334. The smallest absolute Gasteiger partial charge is 0.337 e. The molecule has 0 radical (unpaired) electrons. The van der Waals surface area contributed by atoms with Crippen molar-refractivity contribution in [1.29, 1.82) is 0 Å². The molecule has 3 nitrogen and oxygen atoms in total. The molecule has 0 aromatic carbocycles. The molecule has 3 aliphatic heterocycles. The number of amides is 1. The first-order chi connectivity index (χ1) is 7.89. The maximum atomic E-state index is 13.3. The van der Waals surface area contributed by atoms with E-state index in [1.165, 1.54) is 0 Å².